The van der Waals surface area contributed by atoms with Crippen LogP contribution in [0.25, 0.3) is 5.65 Å². The molecule has 130 valence electrons. The number of aromatic nitrogens is 2. The van der Waals surface area contributed by atoms with Crippen molar-refractivity contribution in [3.8, 4) is 0 Å². The number of sulfonamides is 1. The molecule has 2 aromatic heterocycles. The lowest BCUT2D eigenvalue weighted by atomic mass is 10.1. The summed E-state index contributed by atoms with van der Waals surface area (Å²) in [7, 11) is -3.72. The summed E-state index contributed by atoms with van der Waals surface area (Å²) in [6.07, 6.45) is 1.96. The van der Waals surface area contributed by atoms with E-state index in [9.17, 15) is 8.42 Å². The van der Waals surface area contributed by atoms with Gasteiger partial charge in [-0.15, -0.1) is 10.2 Å². The van der Waals surface area contributed by atoms with Gasteiger partial charge in [0.05, 0.1) is 16.3 Å². The zero-order chi connectivity index (χ0) is 18.2. The lowest BCUT2D eigenvalue weighted by Gasteiger charge is -2.02. The molecule has 7 nitrogen and oxygen atoms in total. The first-order valence-corrected chi connectivity index (χ1v) is 9.33. The normalized spacial score (nSPS) is 12.5. The van der Waals surface area contributed by atoms with Crippen LogP contribution in [0.3, 0.4) is 0 Å². The predicted molar refractivity (Wildman–Crippen MR) is 96.0 cm³/mol. The second kappa shape index (κ2) is 6.38. The van der Waals surface area contributed by atoms with Gasteiger partial charge < -0.3 is 0 Å². The van der Waals surface area contributed by atoms with E-state index in [0.717, 1.165) is 16.9 Å². The Labute approximate surface area is 146 Å². The van der Waals surface area contributed by atoms with Crippen LogP contribution in [-0.2, 0) is 10.0 Å². The highest BCUT2D eigenvalue weighted by atomic mass is 32.2. The largest absolute Gasteiger partial charge is 0.283 e. The Balaban J connectivity index is 2.03. The number of hydrogen-bond acceptors (Lipinski definition) is 5. The van der Waals surface area contributed by atoms with Crippen LogP contribution < -0.4 is 5.14 Å². The third-order valence-electron chi connectivity index (χ3n) is 3.74. The van der Waals surface area contributed by atoms with Crippen LogP contribution in [-0.4, -0.2) is 17.8 Å². The molecule has 8 heteroatoms. The number of primary sulfonamides is 1. The van der Waals surface area contributed by atoms with Gasteiger partial charge in [-0.2, -0.15) is 0 Å². The first-order chi connectivity index (χ1) is 11.8. The molecular weight excluding hydrogens is 338 g/mol. The van der Waals surface area contributed by atoms with Crippen molar-refractivity contribution in [2.45, 2.75) is 31.6 Å². The van der Waals surface area contributed by atoms with Gasteiger partial charge in [-0.3, -0.25) is 4.40 Å². The maximum Gasteiger partial charge on any atom is 0.238 e. The van der Waals surface area contributed by atoms with Gasteiger partial charge in [-0.25, -0.2) is 18.5 Å². The number of azo groups is 1. The van der Waals surface area contributed by atoms with E-state index in [1.165, 1.54) is 12.1 Å². The first-order valence-electron chi connectivity index (χ1n) is 7.79. The van der Waals surface area contributed by atoms with Crippen molar-refractivity contribution < 1.29 is 8.42 Å². The average Bonchev–Trinajstić information content (AvgIpc) is 2.90. The van der Waals surface area contributed by atoms with Crippen molar-refractivity contribution >= 4 is 27.2 Å². The van der Waals surface area contributed by atoms with E-state index >= 15 is 0 Å². The summed E-state index contributed by atoms with van der Waals surface area (Å²) in [5.41, 5.74) is 3.29. The Kier molecular flexibility index (Phi) is 4.40. The highest BCUT2D eigenvalue weighted by molar-refractivity contribution is 7.89. The molecule has 3 aromatic rings. The number of nitrogens with two attached hydrogens (primary N) is 1. The number of fused-ring (bicyclic) bond motifs is 1. The van der Waals surface area contributed by atoms with Gasteiger partial charge in [0.25, 0.3) is 0 Å². The average molecular weight is 357 g/mol. The van der Waals surface area contributed by atoms with Crippen molar-refractivity contribution in [1.82, 2.24) is 9.38 Å². The summed E-state index contributed by atoms with van der Waals surface area (Å²) in [4.78, 5) is 4.67. The molecule has 0 atom stereocenters. The molecule has 3 rings (SSSR count). The minimum atomic E-state index is -3.72. The van der Waals surface area contributed by atoms with E-state index in [1.54, 1.807) is 12.1 Å². The summed E-state index contributed by atoms with van der Waals surface area (Å²) in [6, 6.07) is 9.89. The molecular formula is C17H19N5O2S. The third-order valence-corrected chi connectivity index (χ3v) is 4.67. The Bertz CT molecular complexity index is 1050. The number of benzene rings is 1. The fraction of sp³-hybridized carbons (Fsp3) is 0.235. The number of imidazole rings is 1. The topological polar surface area (TPSA) is 102 Å². The molecule has 1 aromatic carbocycles. The van der Waals surface area contributed by atoms with Crippen LogP contribution in [0.1, 0.15) is 31.0 Å². The van der Waals surface area contributed by atoms with Crippen LogP contribution in [0.15, 0.2) is 57.7 Å². The molecule has 0 saturated carbocycles. The van der Waals surface area contributed by atoms with Crippen LogP contribution in [0, 0.1) is 6.92 Å². The van der Waals surface area contributed by atoms with Gasteiger partial charge in [0, 0.05) is 6.20 Å². The summed E-state index contributed by atoms with van der Waals surface area (Å²) >= 11 is 0. The van der Waals surface area contributed by atoms with Crippen molar-refractivity contribution in [2.75, 3.05) is 0 Å². The molecule has 2 N–H and O–H groups in total. The minimum absolute atomic E-state index is 0.0414. The molecule has 0 amide bonds. The molecule has 0 aliphatic heterocycles. The van der Waals surface area contributed by atoms with E-state index in [2.05, 4.69) is 29.1 Å². The Morgan fingerprint density at radius 1 is 1.08 bits per heavy atom. The van der Waals surface area contributed by atoms with Gasteiger partial charge in [-0.05, 0) is 48.7 Å². The smallest absolute Gasteiger partial charge is 0.238 e. The van der Waals surface area contributed by atoms with Crippen molar-refractivity contribution in [2.24, 2.45) is 15.4 Å². The minimum Gasteiger partial charge on any atom is -0.283 e. The van der Waals surface area contributed by atoms with Crippen LogP contribution in [0.4, 0.5) is 11.5 Å². The fourth-order valence-corrected chi connectivity index (χ4v) is 2.97. The maximum absolute atomic E-state index is 11.3. The SMILES string of the molecule is Cc1ccc2nc(C(C)C)c(N=Nc3ccc(S(N)(=O)=O)cc3)n2c1. The van der Waals surface area contributed by atoms with E-state index < -0.39 is 10.0 Å². The second-order valence-corrected chi connectivity index (χ2v) is 7.71. The summed E-state index contributed by atoms with van der Waals surface area (Å²) in [6.45, 7) is 6.10. The summed E-state index contributed by atoms with van der Waals surface area (Å²) in [5, 5.41) is 13.7. The highest BCUT2D eigenvalue weighted by Crippen LogP contribution is 2.29. The molecule has 0 bridgehead atoms. The van der Waals surface area contributed by atoms with Gasteiger partial charge in [0.1, 0.15) is 5.65 Å². The Morgan fingerprint density at radius 3 is 2.36 bits per heavy atom. The van der Waals surface area contributed by atoms with Crippen molar-refractivity contribution in [3.63, 3.8) is 0 Å². The number of aryl methyl sites for hydroxylation is 1. The van der Waals surface area contributed by atoms with Crippen LogP contribution in [0.5, 0.6) is 0 Å². The van der Waals surface area contributed by atoms with Crippen molar-refractivity contribution in [3.05, 3.63) is 53.9 Å². The Morgan fingerprint density at radius 2 is 1.76 bits per heavy atom. The predicted octanol–water partition coefficient (Wildman–Crippen LogP) is 3.83. The number of nitrogens with zero attached hydrogens (tertiary/aromatic N) is 4. The molecule has 0 aliphatic rings. The number of hydrogen-bond donors (Lipinski definition) is 1. The molecule has 0 spiro atoms. The summed E-state index contributed by atoms with van der Waals surface area (Å²) in [5.74, 6) is 0.864. The summed E-state index contributed by atoms with van der Waals surface area (Å²) < 4.78 is 24.5. The second-order valence-electron chi connectivity index (χ2n) is 6.15. The van der Waals surface area contributed by atoms with E-state index in [1.807, 2.05) is 29.7 Å². The van der Waals surface area contributed by atoms with Gasteiger partial charge >= 0.3 is 0 Å². The number of rotatable bonds is 4. The van der Waals surface area contributed by atoms with Gasteiger partial charge in [0.2, 0.25) is 10.0 Å². The quantitative estimate of drug-likeness (QED) is 0.718. The number of pyridine rings is 1. The lowest BCUT2D eigenvalue weighted by molar-refractivity contribution is 0.598. The fourth-order valence-electron chi connectivity index (χ4n) is 2.45. The molecule has 0 saturated heterocycles. The monoisotopic (exact) mass is 357 g/mol. The zero-order valence-corrected chi connectivity index (χ0v) is 15.0. The Hall–Kier alpha value is -2.58. The maximum atomic E-state index is 11.3. The van der Waals surface area contributed by atoms with E-state index in [4.69, 9.17) is 5.14 Å². The molecule has 0 aliphatic carbocycles. The molecule has 0 unspecified atom stereocenters. The van der Waals surface area contributed by atoms with Crippen LogP contribution >= 0.6 is 0 Å². The highest BCUT2D eigenvalue weighted by Gasteiger charge is 2.15. The lowest BCUT2D eigenvalue weighted by Crippen LogP contribution is -2.11. The van der Waals surface area contributed by atoms with Crippen molar-refractivity contribution in [1.29, 1.82) is 0 Å². The first kappa shape index (κ1) is 17.2. The van der Waals surface area contributed by atoms with Gasteiger partial charge in [0.15, 0.2) is 5.82 Å². The zero-order valence-electron chi connectivity index (χ0n) is 14.2. The molecule has 0 radical (unpaired) electrons. The third kappa shape index (κ3) is 3.59. The molecule has 2 heterocycles. The van der Waals surface area contributed by atoms with E-state index in [0.29, 0.717) is 11.5 Å². The molecule has 25 heavy (non-hydrogen) atoms. The van der Waals surface area contributed by atoms with E-state index in [-0.39, 0.29) is 10.8 Å². The standard InChI is InChI=1S/C17H19N5O2S/c1-11(2)16-17(22-10-12(3)4-9-15(22)19-16)21-20-13-5-7-14(8-6-13)25(18,23)24/h4-11H,1-3H3,(H2,18,23,24). The molecule has 0 fully saturated rings. The van der Waals surface area contributed by atoms with Crippen LogP contribution in [0.2, 0.25) is 0 Å². The van der Waals surface area contributed by atoms with Gasteiger partial charge in [-0.1, -0.05) is 19.9 Å².